The molecular weight excluding hydrogens is 479 g/mol. The number of hydrogen-bond acceptors (Lipinski definition) is 0. The highest BCUT2D eigenvalue weighted by Crippen LogP contribution is 2.32. The summed E-state index contributed by atoms with van der Waals surface area (Å²) >= 11 is 0. The van der Waals surface area contributed by atoms with Crippen LogP contribution < -0.4 is 0 Å². The number of fused-ring (bicyclic) bond motifs is 1. The first-order valence-corrected chi connectivity index (χ1v) is 12.9. The normalized spacial score (nSPS) is 11.8. The van der Waals surface area contributed by atoms with Crippen molar-refractivity contribution in [2.24, 2.45) is 0 Å². The molecule has 4 aromatic carbocycles. The van der Waals surface area contributed by atoms with Gasteiger partial charge in [0.25, 0.3) is 0 Å². The Bertz CT molecular complexity index is 1340. The summed E-state index contributed by atoms with van der Waals surface area (Å²) in [6.45, 7) is 2.22. The predicted octanol–water partition coefficient (Wildman–Crippen LogP) is 10.1. The van der Waals surface area contributed by atoms with E-state index < -0.39 is 17.6 Å². The molecule has 0 aromatic heterocycles. The van der Waals surface area contributed by atoms with Crippen LogP contribution in [0.5, 0.6) is 0 Å². The molecule has 0 bridgehead atoms. The molecule has 5 heteroatoms. The van der Waals surface area contributed by atoms with Gasteiger partial charge < -0.3 is 0 Å². The second-order valence-corrected chi connectivity index (χ2v) is 9.65. The van der Waals surface area contributed by atoms with Gasteiger partial charge in [-0.15, -0.1) is 0 Å². The van der Waals surface area contributed by atoms with Crippen molar-refractivity contribution in [3.8, 4) is 11.1 Å². The largest absolute Gasteiger partial charge is 0.419 e. The van der Waals surface area contributed by atoms with Gasteiger partial charge in [0, 0.05) is 5.39 Å². The van der Waals surface area contributed by atoms with E-state index in [0.29, 0.717) is 16.5 Å². The summed E-state index contributed by atoms with van der Waals surface area (Å²) in [4.78, 5) is 0. The van der Waals surface area contributed by atoms with Crippen molar-refractivity contribution in [2.45, 2.75) is 64.5 Å². The third kappa shape index (κ3) is 6.76. The highest BCUT2D eigenvalue weighted by molar-refractivity contribution is 5.88. The third-order valence-corrected chi connectivity index (χ3v) is 6.91. The molecule has 0 saturated carbocycles. The zero-order valence-corrected chi connectivity index (χ0v) is 21.0. The molecule has 4 aromatic rings. The molecule has 0 aliphatic rings. The van der Waals surface area contributed by atoms with Crippen molar-refractivity contribution in [3.05, 3.63) is 107 Å². The number of unbranched alkanes of at least 4 members (excludes halogenated alkanes) is 4. The van der Waals surface area contributed by atoms with Crippen molar-refractivity contribution in [2.75, 3.05) is 0 Å². The lowest BCUT2D eigenvalue weighted by Crippen LogP contribution is -2.08. The van der Waals surface area contributed by atoms with Gasteiger partial charge in [-0.25, -0.2) is 8.78 Å². The number of aryl methyl sites for hydroxylation is 3. The van der Waals surface area contributed by atoms with Gasteiger partial charge in [0.15, 0.2) is 0 Å². The van der Waals surface area contributed by atoms with Gasteiger partial charge in [-0.05, 0) is 77.1 Å². The van der Waals surface area contributed by atoms with Crippen LogP contribution in [-0.4, -0.2) is 0 Å². The van der Waals surface area contributed by atoms with E-state index in [1.807, 2.05) is 18.2 Å². The molecule has 4 rings (SSSR count). The zero-order chi connectivity index (χ0) is 26.4. The number of halogens is 5. The minimum absolute atomic E-state index is 0.237. The van der Waals surface area contributed by atoms with Crippen LogP contribution in [0.2, 0.25) is 0 Å². The molecule has 0 atom stereocenters. The molecule has 194 valence electrons. The molecule has 0 unspecified atom stereocenters. The summed E-state index contributed by atoms with van der Waals surface area (Å²) in [5.74, 6) is -1.66. The standard InChI is InChI=1S/C32H31F5/c1-2-3-4-5-6-7-22-8-12-24(13-9-22)26-17-18-28-27(21-26)16-15-25(31(28)34)14-10-23-11-19-29(30(33)20-23)32(35,36)37/h8-9,11-13,15-21H,2-7,10,14H2,1H3. The fourth-order valence-electron chi connectivity index (χ4n) is 4.73. The summed E-state index contributed by atoms with van der Waals surface area (Å²) in [5.41, 5.74) is 2.96. The van der Waals surface area contributed by atoms with E-state index in [-0.39, 0.29) is 18.7 Å². The maximum absolute atomic E-state index is 15.2. The molecule has 0 fully saturated rings. The smallest absolute Gasteiger partial charge is 0.206 e. The van der Waals surface area contributed by atoms with Gasteiger partial charge in [-0.3, -0.25) is 0 Å². The fraction of sp³-hybridized carbons (Fsp3) is 0.312. The van der Waals surface area contributed by atoms with E-state index in [2.05, 4.69) is 31.2 Å². The van der Waals surface area contributed by atoms with Gasteiger partial charge in [0.05, 0.1) is 5.56 Å². The monoisotopic (exact) mass is 510 g/mol. The van der Waals surface area contributed by atoms with Crippen LogP contribution in [0.25, 0.3) is 21.9 Å². The van der Waals surface area contributed by atoms with Crippen molar-refractivity contribution < 1.29 is 22.0 Å². The Kier molecular flexibility index (Phi) is 8.63. The van der Waals surface area contributed by atoms with E-state index in [9.17, 15) is 17.6 Å². The highest BCUT2D eigenvalue weighted by atomic mass is 19.4. The van der Waals surface area contributed by atoms with Crippen molar-refractivity contribution >= 4 is 10.8 Å². The minimum Gasteiger partial charge on any atom is -0.206 e. The number of rotatable bonds is 10. The van der Waals surface area contributed by atoms with E-state index >= 15 is 4.39 Å². The summed E-state index contributed by atoms with van der Waals surface area (Å²) in [6.07, 6.45) is 3.13. The molecule has 0 saturated heterocycles. The maximum Gasteiger partial charge on any atom is 0.419 e. The Morgan fingerprint density at radius 2 is 1.32 bits per heavy atom. The molecule has 0 aliphatic carbocycles. The SMILES string of the molecule is CCCCCCCc1ccc(-c2ccc3c(F)c(CCc4ccc(C(F)(F)F)c(F)c4)ccc3c2)cc1. The number of benzene rings is 4. The molecule has 0 nitrogen and oxygen atoms in total. The van der Waals surface area contributed by atoms with Gasteiger partial charge in [-0.1, -0.05) is 87.2 Å². The van der Waals surface area contributed by atoms with Crippen LogP contribution in [0.1, 0.15) is 61.3 Å². The third-order valence-electron chi connectivity index (χ3n) is 6.91. The van der Waals surface area contributed by atoms with Crippen LogP contribution >= 0.6 is 0 Å². The first-order valence-electron chi connectivity index (χ1n) is 12.9. The lowest BCUT2D eigenvalue weighted by atomic mass is 9.96. The molecule has 0 heterocycles. The predicted molar refractivity (Wildman–Crippen MR) is 141 cm³/mol. The second kappa shape index (κ2) is 11.9. The second-order valence-electron chi connectivity index (χ2n) is 9.65. The average Bonchev–Trinajstić information content (AvgIpc) is 2.87. The minimum atomic E-state index is -4.73. The van der Waals surface area contributed by atoms with Crippen LogP contribution in [0.4, 0.5) is 22.0 Å². The Hall–Kier alpha value is -3.21. The van der Waals surface area contributed by atoms with Gasteiger partial charge in [0.1, 0.15) is 11.6 Å². The highest BCUT2D eigenvalue weighted by Gasteiger charge is 2.33. The molecule has 0 radical (unpaired) electrons. The van der Waals surface area contributed by atoms with Crippen LogP contribution in [0.15, 0.2) is 72.8 Å². The first-order chi connectivity index (χ1) is 17.8. The Balaban J connectivity index is 1.43. The van der Waals surface area contributed by atoms with Crippen molar-refractivity contribution in [3.63, 3.8) is 0 Å². The molecule has 37 heavy (non-hydrogen) atoms. The van der Waals surface area contributed by atoms with Crippen LogP contribution in [0.3, 0.4) is 0 Å². The molecule has 0 spiro atoms. The van der Waals surface area contributed by atoms with Gasteiger partial charge in [-0.2, -0.15) is 13.2 Å². The fourth-order valence-corrected chi connectivity index (χ4v) is 4.73. The molecular formula is C32H31F5. The Morgan fingerprint density at radius 3 is 2.03 bits per heavy atom. The quantitative estimate of drug-likeness (QED) is 0.147. The van der Waals surface area contributed by atoms with Gasteiger partial charge >= 0.3 is 6.18 Å². The maximum atomic E-state index is 15.2. The van der Waals surface area contributed by atoms with Crippen LogP contribution in [-0.2, 0) is 25.4 Å². The van der Waals surface area contributed by atoms with E-state index in [1.165, 1.54) is 43.7 Å². The van der Waals surface area contributed by atoms with Crippen molar-refractivity contribution in [1.82, 2.24) is 0 Å². The van der Waals surface area contributed by atoms with E-state index in [1.54, 1.807) is 12.1 Å². The number of hydrogen-bond donors (Lipinski definition) is 0. The Morgan fingerprint density at radius 1 is 0.622 bits per heavy atom. The van der Waals surface area contributed by atoms with Crippen molar-refractivity contribution in [1.29, 1.82) is 0 Å². The first kappa shape index (κ1) is 26.8. The molecule has 0 amide bonds. The zero-order valence-electron chi connectivity index (χ0n) is 21.0. The summed E-state index contributed by atoms with van der Waals surface area (Å²) in [7, 11) is 0. The summed E-state index contributed by atoms with van der Waals surface area (Å²) in [6, 6.07) is 20.6. The molecule has 0 N–H and O–H groups in total. The van der Waals surface area contributed by atoms with Crippen LogP contribution in [0, 0.1) is 11.6 Å². The lowest BCUT2D eigenvalue weighted by molar-refractivity contribution is -0.140. The summed E-state index contributed by atoms with van der Waals surface area (Å²) < 4.78 is 67.4. The van der Waals surface area contributed by atoms with E-state index in [4.69, 9.17) is 0 Å². The number of alkyl halides is 3. The molecule has 0 aliphatic heterocycles. The lowest BCUT2D eigenvalue weighted by Gasteiger charge is -2.11. The Labute approximate surface area is 215 Å². The average molecular weight is 511 g/mol. The summed E-state index contributed by atoms with van der Waals surface area (Å²) in [5, 5.41) is 1.27. The van der Waals surface area contributed by atoms with E-state index in [0.717, 1.165) is 35.1 Å². The van der Waals surface area contributed by atoms with Gasteiger partial charge in [0.2, 0.25) is 0 Å². The topological polar surface area (TPSA) is 0 Å².